The molecule has 4 aromatic rings. The van der Waals surface area contributed by atoms with Gasteiger partial charge in [-0.15, -0.1) is 0 Å². The van der Waals surface area contributed by atoms with Gasteiger partial charge in [-0.05, 0) is 37.6 Å². The van der Waals surface area contributed by atoms with Gasteiger partial charge in [0.2, 0.25) is 0 Å². The van der Waals surface area contributed by atoms with E-state index in [-0.39, 0.29) is 6.61 Å². The van der Waals surface area contributed by atoms with Crippen molar-refractivity contribution >= 4 is 33.6 Å². The summed E-state index contributed by atoms with van der Waals surface area (Å²) < 4.78 is 12.6. The minimum atomic E-state index is -0.441. The lowest BCUT2D eigenvalue weighted by Crippen LogP contribution is -2.12. The summed E-state index contributed by atoms with van der Waals surface area (Å²) in [5, 5.41) is 1.74. The number of esters is 1. The first-order chi connectivity index (χ1) is 14.0. The number of hydrogen-bond donors (Lipinski definition) is 1. The summed E-state index contributed by atoms with van der Waals surface area (Å²) in [6.45, 7) is 4.47. The van der Waals surface area contributed by atoms with E-state index in [9.17, 15) is 4.79 Å². The van der Waals surface area contributed by atoms with Crippen LogP contribution in [0.1, 0.15) is 28.5 Å². The van der Waals surface area contributed by atoms with Crippen LogP contribution in [0.15, 0.2) is 48.5 Å². The summed E-state index contributed by atoms with van der Waals surface area (Å²) in [6, 6.07) is 15.9. The minimum absolute atomic E-state index is 0.287. The van der Waals surface area contributed by atoms with E-state index < -0.39 is 5.97 Å². The Hall–Kier alpha value is -3.54. The van der Waals surface area contributed by atoms with E-state index in [1.54, 1.807) is 21.0 Å². The van der Waals surface area contributed by atoms with Crippen LogP contribution < -0.4 is 10.5 Å². The number of nitrogen functional groups attached to an aromatic ring is 1. The summed E-state index contributed by atoms with van der Waals surface area (Å²) in [5.41, 5.74) is 10.7. The normalized spacial score (nSPS) is 11.1. The van der Waals surface area contributed by atoms with Gasteiger partial charge in [0.1, 0.15) is 17.0 Å². The highest BCUT2D eigenvalue weighted by atomic mass is 16.5. The molecule has 2 heterocycles. The number of ether oxygens (including phenoxy) is 2. The maximum absolute atomic E-state index is 12.5. The highest BCUT2D eigenvalue weighted by Gasteiger charge is 2.23. The predicted molar refractivity (Wildman–Crippen MR) is 114 cm³/mol. The van der Waals surface area contributed by atoms with Crippen molar-refractivity contribution in [3.8, 4) is 5.75 Å². The number of hydrogen-bond acceptors (Lipinski definition) is 5. The van der Waals surface area contributed by atoms with Gasteiger partial charge in [-0.25, -0.2) is 9.78 Å². The van der Waals surface area contributed by atoms with Gasteiger partial charge < -0.3 is 19.8 Å². The van der Waals surface area contributed by atoms with Gasteiger partial charge in [0.05, 0.1) is 36.0 Å². The Labute approximate surface area is 168 Å². The van der Waals surface area contributed by atoms with Gasteiger partial charge in [-0.1, -0.05) is 30.3 Å². The Morgan fingerprint density at radius 2 is 1.86 bits per heavy atom. The Balaban J connectivity index is 1.95. The number of aromatic nitrogens is 2. The first-order valence-electron chi connectivity index (χ1n) is 9.52. The van der Waals surface area contributed by atoms with E-state index in [1.165, 1.54) is 0 Å². The number of para-hydroxylation sites is 1. The third-order valence-corrected chi connectivity index (χ3v) is 5.10. The summed E-state index contributed by atoms with van der Waals surface area (Å²) >= 11 is 0. The number of nitrogens with two attached hydrogens (primary N) is 1. The third kappa shape index (κ3) is 3.16. The van der Waals surface area contributed by atoms with Gasteiger partial charge in [-0.2, -0.15) is 0 Å². The summed E-state index contributed by atoms with van der Waals surface area (Å²) in [6.07, 6.45) is 0. The molecule has 0 atom stereocenters. The standard InChI is InChI=1S/C23H23N3O3/c1-4-29-23(27)19-14(2)25-22-20(21(19)24)17-7-5-6-8-18(17)26(22)13-15-9-11-16(28-3)12-10-15/h5-12H,4,13H2,1-3H3,(H2,24,25). The van der Waals surface area contributed by atoms with Crippen LogP contribution in [0.4, 0.5) is 5.69 Å². The van der Waals surface area contributed by atoms with E-state index in [1.807, 2.05) is 48.5 Å². The number of benzene rings is 2. The molecule has 0 aliphatic rings. The highest BCUT2D eigenvalue weighted by Crippen LogP contribution is 2.35. The fourth-order valence-electron chi connectivity index (χ4n) is 3.74. The zero-order chi connectivity index (χ0) is 20.5. The van der Waals surface area contributed by atoms with Crippen LogP contribution in [0.3, 0.4) is 0 Å². The van der Waals surface area contributed by atoms with Crippen LogP contribution >= 0.6 is 0 Å². The second-order valence-electron chi connectivity index (χ2n) is 6.86. The zero-order valence-electron chi connectivity index (χ0n) is 16.7. The molecule has 0 saturated carbocycles. The largest absolute Gasteiger partial charge is 0.497 e. The van der Waals surface area contributed by atoms with Crippen molar-refractivity contribution in [2.45, 2.75) is 20.4 Å². The summed E-state index contributed by atoms with van der Waals surface area (Å²) in [4.78, 5) is 17.2. The Kier molecular flexibility index (Phi) is 4.84. The van der Waals surface area contributed by atoms with Crippen molar-refractivity contribution in [3.05, 3.63) is 65.4 Å². The fourth-order valence-corrected chi connectivity index (χ4v) is 3.74. The van der Waals surface area contributed by atoms with Crippen LogP contribution in [-0.2, 0) is 11.3 Å². The molecule has 0 saturated heterocycles. The molecular weight excluding hydrogens is 366 g/mol. The second kappa shape index (κ2) is 7.47. The Morgan fingerprint density at radius 1 is 1.14 bits per heavy atom. The Bertz CT molecular complexity index is 1210. The SMILES string of the molecule is CCOC(=O)c1c(C)nc2c(c1N)c1ccccc1n2Cc1ccc(OC)cc1. The smallest absolute Gasteiger partial charge is 0.342 e. The fraction of sp³-hybridized carbons (Fsp3) is 0.217. The van der Waals surface area contributed by atoms with E-state index in [0.29, 0.717) is 23.5 Å². The number of nitrogens with zero attached hydrogens (tertiary/aromatic N) is 2. The van der Waals surface area contributed by atoms with E-state index in [2.05, 4.69) is 4.57 Å². The van der Waals surface area contributed by atoms with Gasteiger partial charge in [0.25, 0.3) is 0 Å². The van der Waals surface area contributed by atoms with Gasteiger partial charge >= 0.3 is 5.97 Å². The highest BCUT2D eigenvalue weighted by molar-refractivity contribution is 6.16. The minimum Gasteiger partial charge on any atom is -0.497 e. The molecule has 2 aromatic carbocycles. The predicted octanol–water partition coefficient (Wildman–Crippen LogP) is 4.31. The zero-order valence-corrected chi connectivity index (χ0v) is 16.7. The van der Waals surface area contributed by atoms with Crippen molar-refractivity contribution in [2.24, 2.45) is 0 Å². The van der Waals surface area contributed by atoms with E-state index in [0.717, 1.165) is 33.2 Å². The quantitative estimate of drug-likeness (QED) is 0.515. The number of rotatable bonds is 5. The number of methoxy groups -OCH3 is 1. The summed E-state index contributed by atoms with van der Waals surface area (Å²) in [5.74, 6) is 0.372. The third-order valence-electron chi connectivity index (χ3n) is 5.10. The molecule has 0 spiro atoms. The second-order valence-corrected chi connectivity index (χ2v) is 6.86. The lowest BCUT2D eigenvalue weighted by Gasteiger charge is -2.11. The average molecular weight is 389 g/mol. The molecule has 0 radical (unpaired) electrons. The summed E-state index contributed by atoms with van der Waals surface area (Å²) in [7, 11) is 1.65. The molecule has 0 fully saturated rings. The molecule has 0 bridgehead atoms. The number of anilines is 1. The molecule has 29 heavy (non-hydrogen) atoms. The molecule has 2 aromatic heterocycles. The number of carbonyl (C=O) groups excluding carboxylic acids is 1. The topological polar surface area (TPSA) is 79.4 Å². The van der Waals surface area contributed by atoms with Gasteiger partial charge in [0, 0.05) is 11.9 Å². The molecular formula is C23H23N3O3. The maximum atomic E-state index is 12.5. The molecule has 0 aliphatic heterocycles. The first-order valence-corrected chi connectivity index (χ1v) is 9.52. The molecule has 0 unspecified atom stereocenters. The lowest BCUT2D eigenvalue weighted by atomic mass is 10.1. The first kappa shape index (κ1) is 18.8. The molecule has 148 valence electrons. The number of fused-ring (bicyclic) bond motifs is 3. The number of carbonyl (C=O) groups is 1. The molecule has 6 nitrogen and oxygen atoms in total. The van der Waals surface area contributed by atoms with Gasteiger partial charge in [0.15, 0.2) is 0 Å². The number of pyridine rings is 1. The van der Waals surface area contributed by atoms with E-state index >= 15 is 0 Å². The number of aryl methyl sites for hydroxylation is 1. The molecule has 2 N–H and O–H groups in total. The monoisotopic (exact) mass is 389 g/mol. The van der Waals surface area contributed by atoms with Gasteiger partial charge in [-0.3, -0.25) is 0 Å². The lowest BCUT2D eigenvalue weighted by molar-refractivity contribution is 0.0526. The average Bonchev–Trinajstić information content (AvgIpc) is 3.02. The van der Waals surface area contributed by atoms with Crippen molar-refractivity contribution in [3.63, 3.8) is 0 Å². The molecule has 0 aliphatic carbocycles. The van der Waals surface area contributed by atoms with Crippen molar-refractivity contribution in [1.82, 2.24) is 9.55 Å². The van der Waals surface area contributed by atoms with Crippen molar-refractivity contribution < 1.29 is 14.3 Å². The van der Waals surface area contributed by atoms with Crippen LogP contribution in [0.25, 0.3) is 21.9 Å². The maximum Gasteiger partial charge on any atom is 0.342 e. The van der Waals surface area contributed by atoms with Crippen LogP contribution in [0.2, 0.25) is 0 Å². The van der Waals surface area contributed by atoms with Crippen molar-refractivity contribution in [1.29, 1.82) is 0 Å². The van der Waals surface area contributed by atoms with E-state index in [4.69, 9.17) is 20.2 Å². The Morgan fingerprint density at radius 3 is 2.55 bits per heavy atom. The molecule has 6 heteroatoms. The van der Waals surface area contributed by atoms with Crippen LogP contribution in [0.5, 0.6) is 5.75 Å². The molecule has 0 amide bonds. The van der Waals surface area contributed by atoms with Crippen LogP contribution in [-0.4, -0.2) is 29.2 Å². The van der Waals surface area contributed by atoms with Crippen molar-refractivity contribution in [2.75, 3.05) is 19.5 Å². The van der Waals surface area contributed by atoms with Crippen LogP contribution in [0, 0.1) is 6.92 Å². The molecule has 4 rings (SSSR count).